The van der Waals surface area contributed by atoms with Crippen LogP contribution >= 0.6 is 0 Å². The second kappa shape index (κ2) is 7.61. The number of rotatable bonds is 5. The Labute approximate surface area is 147 Å². The van der Waals surface area contributed by atoms with Crippen LogP contribution in [0.5, 0.6) is 11.5 Å². The minimum absolute atomic E-state index is 0.0283. The molecule has 134 valence electrons. The highest BCUT2D eigenvalue weighted by molar-refractivity contribution is 5.91. The molecular formula is C19H23NO5. The molecule has 0 unspecified atom stereocenters. The highest BCUT2D eigenvalue weighted by Gasteiger charge is 2.28. The van der Waals surface area contributed by atoms with Gasteiger partial charge in [0.05, 0.1) is 19.3 Å². The summed E-state index contributed by atoms with van der Waals surface area (Å²) in [5.74, 6) is 2.30. The van der Waals surface area contributed by atoms with Crippen molar-refractivity contribution in [2.24, 2.45) is 0 Å². The molecule has 0 aliphatic carbocycles. The number of ether oxygens (including phenoxy) is 3. The third kappa shape index (κ3) is 4.33. The third-order valence-electron chi connectivity index (χ3n) is 4.02. The Morgan fingerprint density at radius 3 is 2.36 bits per heavy atom. The van der Waals surface area contributed by atoms with E-state index in [1.165, 1.54) is 0 Å². The van der Waals surface area contributed by atoms with Gasteiger partial charge in [-0.3, -0.25) is 4.79 Å². The zero-order valence-electron chi connectivity index (χ0n) is 14.7. The van der Waals surface area contributed by atoms with Crippen LogP contribution in [0.25, 0.3) is 0 Å². The molecule has 2 atom stereocenters. The minimum Gasteiger partial charge on any atom is -0.497 e. The molecule has 1 amide bonds. The number of nitrogens with zero attached hydrogens (tertiary/aromatic N) is 1. The quantitative estimate of drug-likeness (QED) is 0.833. The number of morpholine rings is 1. The van der Waals surface area contributed by atoms with Gasteiger partial charge in [-0.05, 0) is 50.2 Å². The molecule has 0 bridgehead atoms. The van der Waals surface area contributed by atoms with E-state index in [2.05, 4.69) is 0 Å². The van der Waals surface area contributed by atoms with E-state index in [1.54, 1.807) is 24.1 Å². The van der Waals surface area contributed by atoms with Gasteiger partial charge in [-0.1, -0.05) is 0 Å². The minimum atomic E-state index is -0.113. The van der Waals surface area contributed by atoms with E-state index in [4.69, 9.17) is 18.6 Å². The molecule has 1 aliphatic rings. The van der Waals surface area contributed by atoms with E-state index >= 15 is 0 Å². The van der Waals surface area contributed by atoms with Crippen molar-refractivity contribution < 1.29 is 23.4 Å². The van der Waals surface area contributed by atoms with Gasteiger partial charge in [-0.2, -0.15) is 0 Å². The molecule has 0 saturated carbocycles. The maximum absolute atomic E-state index is 12.6. The molecule has 25 heavy (non-hydrogen) atoms. The van der Waals surface area contributed by atoms with Crippen LogP contribution in [0.4, 0.5) is 0 Å². The van der Waals surface area contributed by atoms with Crippen LogP contribution in [0.2, 0.25) is 0 Å². The van der Waals surface area contributed by atoms with Gasteiger partial charge < -0.3 is 23.5 Å². The molecule has 1 fully saturated rings. The van der Waals surface area contributed by atoms with Crippen molar-refractivity contribution in [3.05, 3.63) is 47.9 Å². The predicted octanol–water partition coefficient (Wildman–Crippen LogP) is 3.12. The van der Waals surface area contributed by atoms with Crippen LogP contribution in [-0.4, -0.2) is 43.2 Å². The number of benzene rings is 1. The number of carbonyl (C=O) groups excluding carboxylic acids is 1. The van der Waals surface area contributed by atoms with Crippen molar-refractivity contribution in [3.8, 4) is 11.5 Å². The summed E-state index contributed by atoms with van der Waals surface area (Å²) < 4.78 is 22.1. The standard InChI is InChI=1S/C19H23NO5/c1-13-10-20(11-14(2)24-13)19(21)18-9-8-17(25-18)12-23-16-6-4-15(22-3)5-7-16/h4-9,13-14H,10-12H2,1-3H3/t13-,14-/m0/s1. The van der Waals surface area contributed by atoms with E-state index in [-0.39, 0.29) is 24.7 Å². The highest BCUT2D eigenvalue weighted by Crippen LogP contribution is 2.20. The summed E-state index contributed by atoms with van der Waals surface area (Å²) in [7, 11) is 1.62. The van der Waals surface area contributed by atoms with Gasteiger partial charge in [0.15, 0.2) is 5.76 Å². The molecule has 2 aromatic rings. The van der Waals surface area contributed by atoms with Crippen molar-refractivity contribution in [1.82, 2.24) is 4.90 Å². The van der Waals surface area contributed by atoms with Crippen molar-refractivity contribution >= 4 is 5.91 Å². The second-order valence-electron chi connectivity index (χ2n) is 6.20. The monoisotopic (exact) mass is 345 g/mol. The number of furan rings is 1. The first kappa shape index (κ1) is 17.4. The first-order valence-electron chi connectivity index (χ1n) is 8.35. The topological polar surface area (TPSA) is 61.1 Å². The van der Waals surface area contributed by atoms with E-state index < -0.39 is 0 Å². The van der Waals surface area contributed by atoms with Gasteiger partial charge >= 0.3 is 0 Å². The van der Waals surface area contributed by atoms with Crippen molar-refractivity contribution in [1.29, 1.82) is 0 Å². The van der Waals surface area contributed by atoms with Gasteiger partial charge in [0, 0.05) is 13.1 Å². The Hall–Kier alpha value is -2.47. The molecular weight excluding hydrogens is 322 g/mol. The molecule has 0 spiro atoms. The first-order valence-corrected chi connectivity index (χ1v) is 8.35. The van der Waals surface area contributed by atoms with E-state index in [1.807, 2.05) is 38.1 Å². The maximum Gasteiger partial charge on any atom is 0.289 e. The van der Waals surface area contributed by atoms with Crippen LogP contribution in [0.3, 0.4) is 0 Å². The van der Waals surface area contributed by atoms with Crippen LogP contribution in [-0.2, 0) is 11.3 Å². The molecule has 3 rings (SSSR count). The van der Waals surface area contributed by atoms with E-state index in [0.717, 1.165) is 5.75 Å². The number of methoxy groups -OCH3 is 1. The molecule has 1 aromatic carbocycles. The average Bonchev–Trinajstić information content (AvgIpc) is 3.08. The zero-order chi connectivity index (χ0) is 17.8. The number of carbonyl (C=O) groups is 1. The second-order valence-corrected chi connectivity index (χ2v) is 6.20. The van der Waals surface area contributed by atoms with E-state index in [0.29, 0.717) is 30.4 Å². The van der Waals surface area contributed by atoms with Crippen molar-refractivity contribution in [2.45, 2.75) is 32.7 Å². The molecule has 1 aliphatic heterocycles. The number of amides is 1. The van der Waals surface area contributed by atoms with Crippen molar-refractivity contribution in [2.75, 3.05) is 20.2 Å². The molecule has 6 heteroatoms. The fourth-order valence-corrected chi connectivity index (χ4v) is 2.90. The number of hydrogen-bond donors (Lipinski definition) is 0. The normalized spacial score (nSPS) is 20.4. The van der Waals surface area contributed by atoms with E-state index in [9.17, 15) is 4.79 Å². The molecule has 0 radical (unpaired) electrons. The third-order valence-corrected chi connectivity index (χ3v) is 4.02. The van der Waals surface area contributed by atoms with Gasteiger partial charge in [-0.25, -0.2) is 0 Å². The Morgan fingerprint density at radius 1 is 1.08 bits per heavy atom. The fraction of sp³-hybridized carbons (Fsp3) is 0.421. The van der Waals surface area contributed by atoms with Gasteiger partial charge in [-0.15, -0.1) is 0 Å². The largest absolute Gasteiger partial charge is 0.497 e. The summed E-state index contributed by atoms with van der Waals surface area (Å²) in [5, 5.41) is 0. The summed E-state index contributed by atoms with van der Waals surface area (Å²) in [6, 6.07) is 10.8. The summed E-state index contributed by atoms with van der Waals surface area (Å²) in [4.78, 5) is 14.3. The van der Waals surface area contributed by atoms with Crippen LogP contribution in [0.15, 0.2) is 40.8 Å². The summed E-state index contributed by atoms with van der Waals surface area (Å²) >= 11 is 0. The molecule has 2 heterocycles. The lowest BCUT2D eigenvalue weighted by atomic mass is 10.2. The lowest BCUT2D eigenvalue weighted by molar-refractivity contribution is -0.0592. The lowest BCUT2D eigenvalue weighted by Crippen LogP contribution is -2.48. The fourth-order valence-electron chi connectivity index (χ4n) is 2.90. The van der Waals surface area contributed by atoms with Crippen LogP contribution < -0.4 is 9.47 Å². The van der Waals surface area contributed by atoms with Crippen LogP contribution in [0.1, 0.15) is 30.2 Å². The lowest BCUT2D eigenvalue weighted by Gasteiger charge is -2.34. The Balaban J connectivity index is 1.58. The Kier molecular flexibility index (Phi) is 5.28. The Bertz CT molecular complexity index is 699. The smallest absolute Gasteiger partial charge is 0.289 e. The maximum atomic E-state index is 12.6. The SMILES string of the molecule is COc1ccc(OCc2ccc(C(=O)N3C[C@H](C)O[C@@H](C)C3)o2)cc1. The summed E-state index contributed by atoms with van der Waals surface area (Å²) in [6.07, 6.45) is 0.0566. The Morgan fingerprint density at radius 2 is 1.72 bits per heavy atom. The average molecular weight is 345 g/mol. The molecule has 6 nitrogen and oxygen atoms in total. The highest BCUT2D eigenvalue weighted by atomic mass is 16.5. The molecule has 1 aromatic heterocycles. The molecule has 0 N–H and O–H groups in total. The van der Waals surface area contributed by atoms with Gasteiger partial charge in [0.2, 0.25) is 0 Å². The van der Waals surface area contributed by atoms with Gasteiger partial charge in [0.1, 0.15) is 23.9 Å². The zero-order valence-corrected chi connectivity index (χ0v) is 14.7. The van der Waals surface area contributed by atoms with Gasteiger partial charge in [0.25, 0.3) is 5.91 Å². The summed E-state index contributed by atoms with van der Waals surface area (Å²) in [6.45, 7) is 5.33. The summed E-state index contributed by atoms with van der Waals surface area (Å²) in [5.41, 5.74) is 0. The van der Waals surface area contributed by atoms with Crippen LogP contribution in [0, 0.1) is 0 Å². The molecule has 1 saturated heterocycles. The predicted molar refractivity (Wildman–Crippen MR) is 91.9 cm³/mol. The van der Waals surface area contributed by atoms with Crippen molar-refractivity contribution in [3.63, 3.8) is 0 Å². The first-order chi connectivity index (χ1) is 12.0. The number of hydrogen-bond acceptors (Lipinski definition) is 5.